The predicted molar refractivity (Wildman–Crippen MR) is 115 cm³/mol. The number of hydrogen-bond acceptors (Lipinski definition) is 4. The van der Waals surface area contributed by atoms with Crippen molar-refractivity contribution in [3.8, 4) is 22.8 Å². The maximum Gasteiger partial charge on any atom is 0.235 e. The summed E-state index contributed by atoms with van der Waals surface area (Å²) in [6.45, 7) is 3.94. The number of phenols is 1. The highest BCUT2D eigenvalue weighted by atomic mass is 16.5. The first-order chi connectivity index (χ1) is 14.2. The Morgan fingerprint density at radius 1 is 1.00 bits per heavy atom. The molecule has 0 amide bonds. The lowest BCUT2D eigenvalue weighted by molar-refractivity contribution is 0.398. The van der Waals surface area contributed by atoms with Gasteiger partial charge < -0.3 is 14.3 Å². The van der Waals surface area contributed by atoms with Crippen LogP contribution in [0.3, 0.4) is 0 Å². The van der Waals surface area contributed by atoms with Gasteiger partial charge in [0.15, 0.2) is 5.76 Å². The Morgan fingerprint density at radius 2 is 1.66 bits per heavy atom. The molecule has 1 unspecified atom stereocenters. The van der Waals surface area contributed by atoms with Crippen molar-refractivity contribution < 1.29 is 14.3 Å². The summed E-state index contributed by atoms with van der Waals surface area (Å²) in [4.78, 5) is 13.2. The van der Waals surface area contributed by atoms with E-state index in [0.717, 1.165) is 5.56 Å². The quantitative estimate of drug-likeness (QED) is 0.462. The number of aromatic hydroxyl groups is 1. The number of methoxy groups -OCH3 is 1. The van der Waals surface area contributed by atoms with Crippen LogP contribution in [0.1, 0.15) is 17.0 Å². The van der Waals surface area contributed by atoms with Gasteiger partial charge in [-0.15, -0.1) is 6.58 Å². The third kappa shape index (κ3) is 3.19. The molecule has 1 N–H and O–H groups in total. The Balaban J connectivity index is 2.08. The molecule has 0 aliphatic rings. The lowest BCUT2D eigenvalue weighted by Gasteiger charge is -2.18. The van der Waals surface area contributed by atoms with Crippen molar-refractivity contribution in [2.45, 2.75) is 5.92 Å². The molecule has 1 aromatic heterocycles. The molecule has 0 spiro atoms. The second-order valence-corrected chi connectivity index (χ2v) is 6.66. The summed E-state index contributed by atoms with van der Waals surface area (Å²) in [6, 6.07) is 22.0. The van der Waals surface area contributed by atoms with Crippen LogP contribution in [0.4, 0.5) is 0 Å². The molecule has 0 aliphatic carbocycles. The molecule has 4 rings (SSSR count). The van der Waals surface area contributed by atoms with E-state index in [1.54, 1.807) is 12.1 Å². The zero-order valence-corrected chi connectivity index (χ0v) is 16.0. The van der Waals surface area contributed by atoms with E-state index in [4.69, 9.17) is 9.15 Å². The molecule has 4 heteroatoms. The maximum absolute atomic E-state index is 13.2. The van der Waals surface area contributed by atoms with Gasteiger partial charge in [-0.25, -0.2) is 0 Å². The smallest absolute Gasteiger partial charge is 0.235 e. The molecular formula is C25H20O4. The number of rotatable bonds is 5. The van der Waals surface area contributed by atoms with E-state index < -0.39 is 0 Å². The van der Waals surface area contributed by atoms with E-state index in [1.807, 2.05) is 60.7 Å². The molecule has 0 saturated carbocycles. The van der Waals surface area contributed by atoms with Gasteiger partial charge in [0, 0.05) is 17.0 Å². The summed E-state index contributed by atoms with van der Waals surface area (Å²) in [6.07, 6.45) is 1.73. The molecule has 1 heterocycles. The van der Waals surface area contributed by atoms with Crippen LogP contribution in [-0.4, -0.2) is 12.2 Å². The predicted octanol–water partition coefficient (Wildman–Crippen LogP) is 5.49. The molecule has 3 aromatic carbocycles. The van der Waals surface area contributed by atoms with Crippen LogP contribution in [0, 0.1) is 0 Å². The van der Waals surface area contributed by atoms with Crippen molar-refractivity contribution in [2.24, 2.45) is 0 Å². The number of hydrogen-bond donors (Lipinski definition) is 1. The molecule has 0 fully saturated rings. The minimum Gasteiger partial charge on any atom is -0.507 e. The SMILES string of the molecule is C=CC(c1ccccc1)c1c(O)ccc2c(=O)c(OC)c(-c3ccccc3)oc12. The second kappa shape index (κ2) is 7.68. The summed E-state index contributed by atoms with van der Waals surface area (Å²) in [5.74, 6) is 0.155. The van der Waals surface area contributed by atoms with Gasteiger partial charge in [0.2, 0.25) is 11.2 Å². The van der Waals surface area contributed by atoms with Crippen molar-refractivity contribution in [3.63, 3.8) is 0 Å². The zero-order valence-electron chi connectivity index (χ0n) is 16.0. The standard InChI is InChI=1S/C25H20O4/c1-3-18(16-10-6-4-7-11-16)21-20(26)15-14-19-22(27)25(28-2)23(29-24(19)21)17-12-8-5-9-13-17/h3-15,18,26H,1H2,2H3. The molecule has 4 aromatic rings. The summed E-state index contributed by atoms with van der Waals surface area (Å²) in [7, 11) is 1.45. The monoisotopic (exact) mass is 384 g/mol. The normalized spacial score (nSPS) is 11.9. The third-order valence-electron chi connectivity index (χ3n) is 4.98. The van der Waals surface area contributed by atoms with Gasteiger partial charge >= 0.3 is 0 Å². The lowest BCUT2D eigenvalue weighted by atomic mass is 9.89. The maximum atomic E-state index is 13.2. The first kappa shape index (κ1) is 18.6. The van der Waals surface area contributed by atoms with E-state index in [0.29, 0.717) is 27.9 Å². The minimum atomic E-state index is -0.347. The van der Waals surface area contributed by atoms with E-state index in [-0.39, 0.29) is 22.8 Å². The van der Waals surface area contributed by atoms with E-state index >= 15 is 0 Å². The van der Waals surface area contributed by atoms with Crippen LogP contribution in [0.2, 0.25) is 0 Å². The van der Waals surface area contributed by atoms with Crippen LogP contribution < -0.4 is 10.2 Å². The number of phenolic OH excluding ortho intramolecular Hbond substituents is 1. The van der Waals surface area contributed by atoms with Gasteiger partial charge in [-0.1, -0.05) is 66.7 Å². The third-order valence-corrected chi connectivity index (χ3v) is 4.98. The molecule has 144 valence electrons. The van der Waals surface area contributed by atoms with E-state index in [9.17, 15) is 9.90 Å². The van der Waals surface area contributed by atoms with Gasteiger partial charge in [-0.3, -0.25) is 4.79 Å². The van der Waals surface area contributed by atoms with Crippen LogP contribution >= 0.6 is 0 Å². The van der Waals surface area contributed by atoms with Crippen LogP contribution in [0.25, 0.3) is 22.3 Å². The molecular weight excluding hydrogens is 364 g/mol. The number of ether oxygens (including phenoxy) is 1. The fourth-order valence-electron chi connectivity index (χ4n) is 3.60. The molecule has 4 nitrogen and oxygen atoms in total. The first-order valence-electron chi connectivity index (χ1n) is 9.25. The Kier molecular flexibility index (Phi) is 4.92. The van der Waals surface area contributed by atoms with Gasteiger partial charge in [0.25, 0.3) is 0 Å². The Bertz CT molecular complexity index is 1220. The van der Waals surface area contributed by atoms with Crippen molar-refractivity contribution >= 4 is 11.0 Å². The molecule has 0 radical (unpaired) electrons. The average Bonchev–Trinajstić information content (AvgIpc) is 2.77. The van der Waals surface area contributed by atoms with Crippen LogP contribution in [0.5, 0.6) is 11.5 Å². The molecule has 0 aliphatic heterocycles. The Morgan fingerprint density at radius 3 is 2.28 bits per heavy atom. The molecule has 0 saturated heterocycles. The van der Waals surface area contributed by atoms with Gasteiger partial charge in [-0.05, 0) is 17.7 Å². The minimum absolute atomic E-state index is 0.0404. The van der Waals surface area contributed by atoms with E-state index in [2.05, 4.69) is 6.58 Å². The van der Waals surface area contributed by atoms with Crippen molar-refractivity contribution in [2.75, 3.05) is 7.11 Å². The second-order valence-electron chi connectivity index (χ2n) is 6.66. The number of allylic oxidation sites excluding steroid dienone is 1. The largest absolute Gasteiger partial charge is 0.507 e. The summed E-state index contributed by atoms with van der Waals surface area (Å²) in [5.41, 5.74) is 2.19. The van der Waals surface area contributed by atoms with Gasteiger partial charge in [0.05, 0.1) is 12.5 Å². The number of benzene rings is 3. The fourth-order valence-corrected chi connectivity index (χ4v) is 3.60. The Hall–Kier alpha value is -3.79. The van der Waals surface area contributed by atoms with E-state index in [1.165, 1.54) is 13.2 Å². The summed E-state index contributed by atoms with van der Waals surface area (Å²) < 4.78 is 11.6. The Labute approximate surface area is 168 Å². The molecule has 29 heavy (non-hydrogen) atoms. The topological polar surface area (TPSA) is 59.7 Å². The molecule has 1 atom stereocenters. The average molecular weight is 384 g/mol. The zero-order chi connectivity index (χ0) is 20.4. The lowest BCUT2D eigenvalue weighted by Crippen LogP contribution is -2.09. The highest BCUT2D eigenvalue weighted by Crippen LogP contribution is 2.40. The highest BCUT2D eigenvalue weighted by molar-refractivity contribution is 5.87. The fraction of sp³-hybridized carbons (Fsp3) is 0.0800. The van der Waals surface area contributed by atoms with Crippen LogP contribution in [0.15, 0.2) is 94.7 Å². The van der Waals surface area contributed by atoms with Gasteiger partial charge in [-0.2, -0.15) is 0 Å². The van der Waals surface area contributed by atoms with Crippen LogP contribution in [-0.2, 0) is 0 Å². The van der Waals surface area contributed by atoms with Crippen molar-refractivity contribution in [1.82, 2.24) is 0 Å². The first-order valence-corrected chi connectivity index (χ1v) is 9.25. The summed E-state index contributed by atoms with van der Waals surface area (Å²) >= 11 is 0. The van der Waals surface area contributed by atoms with Crippen molar-refractivity contribution in [1.29, 1.82) is 0 Å². The van der Waals surface area contributed by atoms with Crippen molar-refractivity contribution in [3.05, 3.63) is 107 Å². The summed E-state index contributed by atoms with van der Waals surface area (Å²) in [5, 5.41) is 11.1. The van der Waals surface area contributed by atoms with Gasteiger partial charge in [0.1, 0.15) is 11.3 Å². The molecule has 0 bridgehead atoms. The number of fused-ring (bicyclic) bond motifs is 1. The highest BCUT2D eigenvalue weighted by Gasteiger charge is 2.24.